The van der Waals surface area contributed by atoms with Gasteiger partial charge in [-0.2, -0.15) is 0 Å². The second-order valence-electron chi connectivity index (χ2n) is 6.72. The van der Waals surface area contributed by atoms with Gasteiger partial charge in [-0.05, 0) is 37.1 Å². The molecular weight excluding hydrogens is 326 g/mol. The first-order valence-corrected chi connectivity index (χ1v) is 8.98. The van der Waals surface area contributed by atoms with Crippen LogP contribution in [0.4, 0.5) is 0 Å². The van der Waals surface area contributed by atoms with Crippen LogP contribution in [0.5, 0.6) is 0 Å². The monoisotopic (exact) mass is 352 g/mol. The summed E-state index contributed by atoms with van der Waals surface area (Å²) in [5.41, 5.74) is 2.80. The highest BCUT2D eigenvalue weighted by Gasteiger charge is 2.19. The molecule has 136 valence electrons. The van der Waals surface area contributed by atoms with Crippen LogP contribution in [0, 0.1) is 0 Å². The summed E-state index contributed by atoms with van der Waals surface area (Å²) < 4.78 is 5.93. The minimum Gasteiger partial charge on any atom is -0.455 e. The number of aliphatic hydroxyl groups is 2. The van der Waals surface area contributed by atoms with Crippen LogP contribution in [0.3, 0.4) is 0 Å². The molecule has 26 heavy (non-hydrogen) atoms. The lowest BCUT2D eigenvalue weighted by Crippen LogP contribution is -2.88. The van der Waals surface area contributed by atoms with Crippen molar-refractivity contribution in [3.8, 4) is 11.3 Å². The lowest BCUT2D eigenvalue weighted by molar-refractivity contribution is -0.710. The molecule has 0 aliphatic rings. The molecular formula is C22H26NO3+. The van der Waals surface area contributed by atoms with Crippen molar-refractivity contribution in [2.45, 2.75) is 38.6 Å². The Balaban J connectivity index is 1.60. The summed E-state index contributed by atoms with van der Waals surface area (Å²) in [5.74, 6) is 1.67. The van der Waals surface area contributed by atoms with Crippen LogP contribution in [0.25, 0.3) is 11.3 Å². The van der Waals surface area contributed by atoms with Gasteiger partial charge >= 0.3 is 0 Å². The summed E-state index contributed by atoms with van der Waals surface area (Å²) in [6.45, 7) is 4.42. The minimum absolute atomic E-state index is 0.0243. The summed E-state index contributed by atoms with van der Waals surface area (Å²) in [7, 11) is 0. The Hall–Kier alpha value is -2.40. The third kappa shape index (κ3) is 4.41. The predicted octanol–water partition coefficient (Wildman–Crippen LogP) is 3.19. The van der Waals surface area contributed by atoms with Crippen LogP contribution in [-0.4, -0.2) is 16.3 Å². The van der Waals surface area contributed by atoms with E-state index >= 15 is 0 Å². The van der Waals surface area contributed by atoms with E-state index in [1.165, 1.54) is 0 Å². The van der Waals surface area contributed by atoms with Gasteiger partial charge in [0.25, 0.3) is 0 Å². The molecule has 3 atom stereocenters. The number of rotatable bonds is 7. The van der Waals surface area contributed by atoms with Gasteiger partial charge < -0.3 is 19.9 Å². The summed E-state index contributed by atoms with van der Waals surface area (Å²) in [5, 5.41) is 22.1. The molecule has 0 radical (unpaired) electrons. The highest BCUT2D eigenvalue weighted by Crippen LogP contribution is 2.24. The number of aliphatic hydroxyl groups excluding tert-OH is 2. The van der Waals surface area contributed by atoms with Gasteiger partial charge in [0.1, 0.15) is 24.5 Å². The summed E-state index contributed by atoms with van der Waals surface area (Å²) in [6, 6.07) is 21.4. The van der Waals surface area contributed by atoms with Crippen molar-refractivity contribution in [1.29, 1.82) is 0 Å². The first-order valence-electron chi connectivity index (χ1n) is 8.98. The number of hydrogen-bond acceptors (Lipinski definition) is 3. The molecule has 2 aromatic carbocycles. The zero-order valence-electron chi connectivity index (χ0n) is 15.2. The Labute approximate surface area is 154 Å². The normalized spacial score (nSPS) is 14.8. The van der Waals surface area contributed by atoms with Gasteiger partial charge in [0.05, 0.1) is 6.10 Å². The molecule has 3 aromatic rings. The van der Waals surface area contributed by atoms with Gasteiger partial charge in [-0.3, -0.25) is 0 Å². The molecule has 4 heteroatoms. The smallest absolute Gasteiger partial charge is 0.158 e. The van der Waals surface area contributed by atoms with Crippen molar-refractivity contribution in [2.75, 3.05) is 0 Å². The average Bonchev–Trinajstić information content (AvgIpc) is 3.15. The van der Waals surface area contributed by atoms with Crippen molar-refractivity contribution in [3.05, 3.63) is 83.6 Å². The Morgan fingerprint density at radius 1 is 0.846 bits per heavy atom. The Morgan fingerprint density at radius 3 is 2.19 bits per heavy atom. The first-order chi connectivity index (χ1) is 12.5. The molecule has 4 N–H and O–H groups in total. The number of furan rings is 1. The maximum atomic E-state index is 10.4. The van der Waals surface area contributed by atoms with Gasteiger partial charge in [0, 0.05) is 5.56 Å². The van der Waals surface area contributed by atoms with E-state index in [0.29, 0.717) is 6.54 Å². The Morgan fingerprint density at radius 2 is 1.54 bits per heavy atom. The molecule has 0 spiro atoms. The minimum atomic E-state index is -0.515. The molecule has 0 bridgehead atoms. The highest BCUT2D eigenvalue weighted by molar-refractivity contribution is 5.58. The fraction of sp³-hybridized carbons (Fsp3) is 0.273. The van der Waals surface area contributed by atoms with E-state index in [1.807, 2.05) is 73.7 Å². The third-order valence-electron chi connectivity index (χ3n) is 4.67. The summed E-state index contributed by atoms with van der Waals surface area (Å²) in [6.07, 6.45) is -0.984. The van der Waals surface area contributed by atoms with Crippen LogP contribution in [-0.2, 0) is 6.54 Å². The molecule has 0 aliphatic heterocycles. The molecule has 0 saturated carbocycles. The van der Waals surface area contributed by atoms with Gasteiger partial charge in [-0.25, -0.2) is 0 Å². The molecule has 0 amide bonds. The van der Waals surface area contributed by atoms with E-state index in [0.717, 1.165) is 28.2 Å². The summed E-state index contributed by atoms with van der Waals surface area (Å²) >= 11 is 0. The van der Waals surface area contributed by atoms with Crippen molar-refractivity contribution >= 4 is 0 Å². The van der Waals surface area contributed by atoms with Crippen molar-refractivity contribution in [1.82, 2.24) is 0 Å². The van der Waals surface area contributed by atoms with E-state index in [-0.39, 0.29) is 6.04 Å². The van der Waals surface area contributed by atoms with Crippen molar-refractivity contribution < 1.29 is 19.9 Å². The Kier molecular flexibility index (Phi) is 5.89. The van der Waals surface area contributed by atoms with Gasteiger partial charge in [-0.15, -0.1) is 0 Å². The maximum Gasteiger partial charge on any atom is 0.158 e. The maximum absolute atomic E-state index is 10.4. The lowest BCUT2D eigenvalue weighted by atomic mass is 10.0. The first kappa shape index (κ1) is 18.4. The molecule has 0 fully saturated rings. The number of benzene rings is 2. The van der Waals surface area contributed by atoms with Crippen molar-refractivity contribution in [2.24, 2.45) is 0 Å². The fourth-order valence-corrected chi connectivity index (χ4v) is 2.95. The van der Waals surface area contributed by atoms with Crippen LogP contribution >= 0.6 is 0 Å². The van der Waals surface area contributed by atoms with Crippen molar-refractivity contribution in [3.63, 3.8) is 0 Å². The van der Waals surface area contributed by atoms with E-state index in [2.05, 4.69) is 5.32 Å². The predicted molar refractivity (Wildman–Crippen MR) is 101 cm³/mol. The number of quaternary nitrogens is 1. The van der Waals surface area contributed by atoms with E-state index in [9.17, 15) is 10.2 Å². The van der Waals surface area contributed by atoms with E-state index in [4.69, 9.17) is 4.42 Å². The summed E-state index contributed by atoms with van der Waals surface area (Å²) in [4.78, 5) is 0. The van der Waals surface area contributed by atoms with Crippen LogP contribution in [0.15, 0.2) is 71.1 Å². The molecule has 0 unspecified atom stereocenters. The molecule has 3 rings (SSSR count). The molecule has 1 aromatic heterocycles. The molecule has 4 nitrogen and oxygen atoms in total. The van der Waals surface area contributed by atoms with E-state index < -0.39 is 12.2 Å². The fourth-order valence-electron chi connectivity index (χ4n) is 2.95. The molecule has 1 heterocycles. The zero-order valence-corrected chi connectivity index (χ0v) is 15.2. The standard InChI is InChI=1S/C22H25NO3/c1-15(22(25)19-6-4-3-5-7-19)23-14-20-12-13-21(26-20)18-10-8-17(9-11-18)16(2)24/h3-13,15-16,22-25H,14H2,1-2H3/p+1/t15-,16-,22-/m0/s1. The number of nitrogens with two attached hydrogens (primary N) is 1. The molecule has 0 aliphatic carbocycles. The topological polar surface area (TPSA) is 70.2 Å². The van der Waals surface area contributed by atoms with Gasteiger partial charge in [0.2, 0.25) is 0 Å². The van der Waals surface area contributed by atoms with Crippen LogP contribution in [0.1, 0.15) is 42.9 Å². The average molecular weight is 352 g/mol. The van der Waals surface area contributed by atoms with E-state index in [1.54, 1.807) is 6.92 Å². The van der Waals surface area contributed by atoms with Crippen LogP contribution in [0.2, 0.25) is 0 Å². The number of hydrogen-bond donors (Lipinski definition) is 3. The molecule has 0 saturated heterocycles. The highest BCUT2D eigenvalue weighted by atomic mass is 16.3. The second-order valence-corrected chi connectivity index (χ2v) is 6.72. The van der Waals surface area contributed by atoms with Gasteiger partial charge in [-0.1, -0.05) is 54.6 Å². The van der Waals surface area contributed by atoms with Gasteiger partial charge in [0.15, 0.2) is 5.76 Å². The zero-order chi connectivity index (χ0) is 18.5. The third-order valence-corrected chi connectivity index (χ3v) is 4.67. The lowest BCUT2D eigenvalue weighted by Gasteiger charge is -2.17. The largest absolute Gasteiger partial charge is 0.455 e. The Bertz CT molecular complexity index is 809. The second kappa shape index (κ2) is 8.32. The quantitative estimate of drug-likeness (QED) is 0.612. The van der Waals surface area contributed by atoms with Crippen LogP contribution < -0.4 is 5.32 Å². The SMILES string of the molecule is C[C@H](O)c1ccc(-c2ccc(C[NH2+][C@@H](C)[C@H](O)c3ccccc3)o2)cc1.